The number of hydrogen-bond acceptors (Lipinski definition) is 13. The third-order valence-electron chi connectivity index (χ3n) is 11.4. The molecule has 0 saturated heterocycles. The molecule has 2 aromatic carbocycles. The number of hydrogen-bond donors (Lipinski definition) is 6. The number of carbonyl (C=O) groups excluding carboxylic acids is 3. The quantitative estimate of drug-likeness (QED) is 0.120. The van der Waals surface area contributed by atoms with Crippen molar-refractivity contribution in [3.05, 3.63) is 52.8 Å². The number of anilines is 1. The molecule has 308 valence electrons. The molecule has 3 aliphatic rings. The number of esters is 1. The molecule has 3 heterocycles. The predicted molar refractivity (Wildman–Crippen MR) is 210 cm³/mol. The number of nitrogens with one attached hydrogen (secondary N) is 1. The van der Waals surface area contributed by atoms with E-state index in [2.05, 4.69) is 5.32 Å². The monoisotopic (exact) mass is 782 g/mol. The first-order chi connectivity index (χ1) is 26.3. The fourth-order valence-corrected chi connectivity index (χ4v) is 7.61. The molecular weight excluding hydrogens is 724 g/mol. The van der Waals surface area contributed by atoms with E-state index in [1.54, 1.807) is 46.8 Å². The van der Waals surface area contributed by atoms with Crippen LogP contribution in [0.3, 0.4) is 0 Å². The number of carbonyl (C=O) groups is 3. The lowest BCUT2D eigenvalue weighted by atomic mass is 9.78. The average molecular weight is 783 g/mol. The van der Waals surface area contributed by atoms with Crippen LogP contribution in [0.4, 0.5) is 5.69 Å². The summed E-state index contributed by atoms with van der Waals surface area (Å²) in [6, 6.07) is 0. The second-order valence-electron chi connectivity index (χ2n) is 15.1. The Bertz CT molecular complexity index is 1920. The van der Waals surface area contributed by atoms with E-state index >= 15 is 0 Å². The number of Topliss-reactive ketones (excluding diaryl/α,β-unsaturated/α-hetero) is 1. The summed E-state index contributed by atoms with van der Waals surface area (Å²) in [6.07, 6.45) is 3.69. The van der Waals surface area contributed by atoms with Gasteiger partial charge < -0.3 is 49.8 Å². The van der Waals surface area contributed by atoms with Crippen LogP contribution in [0.15, 0.2) is 36.1 Å². The van der Waals surface area contributed by atoms with Crippen molar-refractivity contribution >= 4 is 34.1 Å². The van der Waals surface area contributed by atoms with E-state index in [1.165, 1.54) is 46.3 Å². The Morgan fingerprint density at radius 2 is 1.57 bits per heavy atom. The van der Waals surface area contributed by atoms with Gasteiger partial charge in [-0.3, -0.25) is 19.3 Å². The Balaban J connectivity index is 1.98. The number of aliphatic hydroxyl groups is 2. The van der Waals surface area contributed by atoms with E-state index in [0.717, 1.165) is 0 Å². The van der Waals surface area contributed by atoms with Gasteiger partial charge in [-0.1, -0.05) is 59.8 Å². The number of fused-ring (bicyclic) bond motifs is 14. The van der Waals surface area contributed by atoms with E-state index < -0.39 is 88.8 Å². The molecule has 0 aromatic heterocycles. The van der Waals surface area contributed by atoms with E-state index in [0.29, 0.717) is 13.1 Å². The number of amides is 1. The number of benzene rings is 2. The number of aromatic hydroxyl groups is 3. The maximum Gasteiger partial charge on any atom is 0.312 e. The van der Waals surface area contributed by atoms with Crippen LogP contribution in [0.1, 0.15) is 83.8 Å². The number of phenolic OH excluding ortho intramolecular Hbond substituents is 3. The van der Waals surface area contributed by atoms with Gasteiger partial charge in [0, 0.05) is 73.3 Å². The van der Waals surface area contributed by atoms with E-state index in [-0.39, 0.29) is 51.0 Å². The Kier molecular flexibility index (Phi) is 13.9. The topological polar surface area (TPSA) is 205 Å². The molecule has 14 heteroatoms. The van der Waals surface area contributed by atoms with Crippen molar-refractivity contribution in [1.82, 2.24) is 4.90 Å². The molecule has 9 unspecified atom stereocenters. The standard InChI is InChI=1S/C42H58N2O12/c1-12-44(13-2)19-27-32-37(50)30-29(36(27)49)31-39(25(8)35(30)48)56-42(10,40(31)51)54-18-17-28(53-11)22(5)38(55-26(9)45)24(7)34(47)23(6)33(46)20(3)15-14-16-21(4)41(52)43-32/h14-18,20,22-24,28,33-34,38,46-50H,12-13,19H2,1-11H3,(H,43,52). The van der Waals surface area contributed by atoms with Gasteiger partial charge in [-0.25, -0.2) is 0 Å². The van der Waals surface area contributed by atoms with Gasteiger partial charge in [-0.05, 0) is 33.0 Å². The molecule has 1 amide bonds. The first-order valence-electron chi connectivity index (χ1n) is 19.0. The molecule has 2 aromatic rings. The zero-order chi connectivity index (χ0) is 42.0. The summed E-state index contributed by atoms with van der Waals surface area (Å²) in [7, 11) is 1.44. The van der Waals surface area contributed by atoms with Crippen LogP contribution in [0.25, 0.3) is 10.8 Å². The van der Waals surface area contributed by atoms with Gasteiger partial charge in [0.25, 0.3) is 11.7 Å². The van der Waals surface area contributed by atoms with Crippen LogP contribution >= 0.6 is 0 Å². The molecule has 0 aliphatic carbocycles. The van der Waals surface area contributed by atoms with Gasteiger partial charge in [0.1, 0.15) is 23.4 Å². The van der Waals surface area contributed by atoms with Crippen LogP contribution in [-0.4, -0.2) is 98.5 Å². The van der Waals surface area contributed by atoms with Gasteiger partial charge in [-0.2, -0.15) is 0 Å². The van der Waals surface area contributed by atoms with Crippen LogP contribution < -0.4 is 10.1 Å². The van der Waals surface area contributed by atoms with Crippen LogP contribution in [-0.2, 0) is 30.3 Å². The first kappa shape index (κ1) is 44.1. The van der Waals surface area contributed by atoms with Crippen LogP contribution in [0, 0.1) is 30.6 Å². The molecule has 0 fully saturated rings. The molecule has 5 rings (SSSR count). The van der Waals surface area contributed by atoms with Gasteiger partial charge in [0.2, 0.25) is 0 Å². The van der Waals surface area contributed by atoms with E-state index in [1.807, 2.05) is 18.7 Å². The lowest BCUT2D eigenvalue weighted by Crippen LogP contribution is -2.46. The smallest absolute Gasteiger partial charge is 0.312 e. The summed E-state index contributed by atoms with van der Waals surface area (Å²) in [5, 5.41) is 60.5. The van der Waals surface area contributed by atoms with Crippen LogP contribution in [0.5, 0.6) is 23.0 Å². The summed E-state index contributed by atoms with van der Waals surface area (Å²) in [5.74, 6) is -7.91. The van der Waals surface area contributed by atoms with Gasteiger partial charge in [0.15, 0.2) is 5.75 Å². The van der Waals surface area contributed by atoms with Crippen molar-refractivity contribution in [1.29, 1.82) is 0 Å². The normalized spacial score (nSPS) is 29.0. The highest BCUT2D eigenvalue weighted by molar-refractivity contribution is 6.22. The lowest BCUT2D eigenvalue weighted by molar-refractivity contribution is -0.160. The number of allylic oxidation sites excluding steroid dienone is 2. The zero-order valence-electron chi connectivity index (χ0n) is 34.2. The highest BCUT2D eigenvalue weighted by atomic mass is 16.7. The highest BCUT2D eigenvalue weighted by Gasteiger charge is 2.50. The van der Waals surface area contributed by atoms with Gasteiger partial charge in [0.05, 0.1) is 41.2 Å². The number of nitrogens with zero attached hydrogens (tertiary/aromatic N) is 1. The summed E-state index contributed by atoms with van der Waals surface area (Å²) in [5.41, 5.74) is 0.117. The van der Waals surface area contributed by atoms with Crippen molar-refractivity contribution in [3.63, 3.8) is 0 Å². The molecule has 0 spiro atoms. The molecule has 5 bridgehead atoms. The molecule has 0 saturated carbocycles. The Hall–Kier alpha value is -4.63. The minimum Gasteiger partial charge on any atom is -0.507 e. The van der Waals surface area contributed by atoms with Crippen molar-refractivity contribution in [2.24, 2.45) is 23.7 Å². The summed E-state index contributed by atoms with van der Waals surface area (Å²) in [6.45, 7) is 17.6. The Morgan fingerprint density at radius 3 is 2.16 bits per heavy atom. The zero-order valence-corrected chi connectivity index (χ0v) is 34.2. The summed E-state index contributed by atoms with van der Waals surface area (Å²) >= 11 is 0. The van der Waals surface area contributed by atoms with E-state index in [4.69, 9.17) is 18.9 Å². The number of methoxy groups -OCH3 is 1. The molecule has 6 N–H and O–H groups in total. The fourth-order valence-electron chi connectivity index (χ4n) is 7.61. The third kappa shape index (κ3) is 8.38. The van der Waals surface area contributed by atoms with Crippen molar-refractivity contribution in [2.75, 3.05) is 25.5 Å². The number of rotatable bonds is 6. The second-order valence-corrected chi connectivity index (χ2v) is 15.1. The van der Waals surface area contributed by atoms with Crippen LogP contribution in [0.2, 0.25) is 0 Å². The molecule has 56 heavy (non-hydrogen) atoms. The molecule has 14 nitrogen and oxygen atoms in total. The lowest BCUT2D eigenvalue weighted by Gasteiger charge is -2.38. The molecule has 3 aliphatic heterocycles. The largest absolute Gasteiger partial charge is 0.507 e. The fraction of sp³-hybridized carbons (Fsp3) is 0.548. The number of ketones is 1. The number of phenols is 3. The number of ether oxygens (including phenoxy) is 4. The van der Waals surface area contributed by atoms with Crippen molar-refractivity contribution < 1.29 is 58.9 Å². The minimum absolute atomic E-state index is 0.0541. The predicted octanol–water partition coefficient (Wildman–Crippen LogP) is 5.60. The second kappa shape index (κ2) is 17.7. The summed E-state index contributed by atoms with van der Waals surface area (Å²) in [4.78, 5) is 42.3. The maximum absolute atomic E-state index is 14.4. The first-order valence-corrected chi connectivity index (χ1v) is 19.0. The molecular formula is C42H58N2O12. The number of aliphatic hydroxyl groups excluding tert-OH is 2. The van der Waals surface area contributed by atoms with Gasteiger partial charge in [-0.15, -0.1) is 0 Å². The Labute approximate surface area is 328 Å². The third-order valence-corrected chi connectivity index (χ3v) is 11.4. The highest BCUT2D eigenvalue weighted by Crippen LogP contribution is 2.55. The van der Waals surface area contributed by atoms with E-state index in [9.17, 15) is 39.9 Å². The summed E-state index contributed by atoms with van der Waals surface area (Å²) < 4.78 is 23.6. The molecule has 9 atom stereocenters. The van der Waals surface area contributed by atoms with Gasteiger partial charge >= 0.3 is 11.8 Å². The maximum atomic E-state index is 14.4. The SMILES string of the molecule is CCN(CC)Cc1c2c(O)c3c(O)c(C)c4c(c3c1O)C(=O)C(C)(OC=CC(OC)C(C)C(OC(C)=O)C(C)C(O)C(C)C(O)C(C)C=CC=C(C)C(=O)N2)O4. The Morgan fingerprint density at radius 1 is 0.929 bits per heavy atom. The minimum atomic E-state index is -2.01. The van der Waals surface area contributed by atoms with Crippen molar-refractivity contribution in [2.45, 2.75) is 106 Å². The van der Waals surface area contributed by atoms with Crippen molar-refractivity contribution in [3.8, 4) is 23.0 Å². The molecule has 0 radical (unpaired) electrons. The average Bonchev–Trinajstić information content (AvgIpc) is 3.43.